The molecule has 1 heterocycles. The highest BCUT2D eigenvalue weighted by Gasteiger charge is 2.15. The van der Waals surface area contributed by atoms with Gasteiger partial charge in [0, 0.05) is 17.8 Å². The summed E-state index contributed by atoms with van der Waals surface area (Å²) < 4.78 is 1.07. The number of carbonyl (C=O) groups is 1. The Bertz CT molecular complexity index is 758. The third-order valence-electron chi connectivity index (χ3n) is 3.35. The average Bonchev–Trinajstić information content (AvgIpc) is 2.83. The third kappa shape index (κ3) is 4.28. The molecule has 6 heteroatoms. The Kier molecular flexibility index (Phi) is 5.36. The summed E-state index contributed by atoms with van der Waals surface area (Å²) in [5.74, 6) is 0.397. The molecule has 2 rings (SSSR count). The first-order valence-corrected chi connectivity index (χ1v) is 8.57. The first-order valence-electron chi connectivity index (χ1n) is 7.75. The van der Waals surface area contributed by atoms with Gasteiger partial charge in [-0.1, -0.05) is 25.2 Å². The van der Waals surface area contributed by atoms with Crippen LogP contribution in [0.1, 0.15) is 45.2 Å². The molecule has 0 radical (unpaired) electrons. The maximum absolute atomic E-state index is 12.1. The van der Waals surface area contributed by atoms with Crippen LogP contribution in [-0.2, 0) is 4.79 Å². The van der Waals surface area contributed by atoms with Gasteiger partial charge in [0.15, 0.2) is 0 Å². The Balaban J connectivity index is 2.36. The van der Waals surface area contributed by atoms with Crippen LogP contribution in [0.4, 0.5) is 10.8 Å². The molecule has 0 unspecified atom stereocenters. The zero-order chi connectivity index (χ0) is 17.1. The van der Waals surface area contributed by atoms with Gasteiger partial charge in [0.1, 0.15) is 0 Å². The summed E-state index contributed by atoms with van der Waals surface area (Å²) in [5, 5.41) is 8.00. The van der Waals surface area contributed by atoms with Crippen LogP contribution in [0.5, 0.6) is 0 Å². The number of amides is 1. The molecule has 124 valence electrons. The highest BCUT2D eigenvalue weighted by Crippen LogP contribution is 2.35. The molecule has 5 nitrogen and oxygen atoms in total. The Morgan fingerprint density at radius 1 is 1.35 bits per heavy atom. The number of aryl methyl sites for hydroxylation is 2. The Morgan fingerprint density at radius 3 is 2.65 bits per heavy atom. The fraction of sp³-hybridized carbons (Fsp3) is 0.471. The molecule has 0 saturated heterocycles. The lowest BCUT2D eigenvalue weighted by Gasteiger charge is -2.13. The van der Waals surface area contributed by atoms with E-state index in [0.29, 0.717) is 12.3 Å². The zero-order valence-electron chi connectivity index (χ0n) is 14.6. The molecular weight excluding hydrogens is 308 g/mol. The predicted molar refractivity (Wildman–Crippen MR) is 99.6 cm³/mol. The Labute approximate surface area is 141 Å². The molecule has 0 saturated carbocycles. The number of aromatic nitrogens is 1. The average molecular weight is 332 g/mol. The van der Waals surface area contributed by atoms with Crippen molar-refractivity contribution in [1.82, 2.24) is 4.98 Å². The molecule has 0 aliphatic carbocycles. The second-order valence-corrected chi connectivity index (χ2v) is 7.38. The van der Waals surface area contributed by atoms with Crippen molar-refractivity contribution in [3.05, 3.63) is 17.2 Å². The van der Waals surface area contributed by atoms with Gasteiger partial charge in [-0.3, -0.25) is 10.2 Å². The monoisotopic (exact) mass is 332 g/mol. The van der Waals surface area contributed by atoms with Crippen LogP contribution in [0.3, 0.4) is 0 Å². The molecule has 1 aromatic heterocycles. The molecule has 2 aromatic rings. The minimum absolute atomic E-state index is 0.0552. The van der Waals surface area contributed by atoms with Crippen LogP contribution in [-0.4, -0.2) is 16.6 Å². The van der Waals surface area contributed by atoms with Crippen molar-refractivity contribution in [3.63, 3.8) is 0 Å². The van der Waals surface area contributed by atoms with Crippen LogP contribution < -0.4 is 10.7 Å². The van der Waals surface area contributed by atoms with Gasteiger partial charge in [-0.25, -0.2) is 4.98 Å². The van der Waals surface area contributed by atoms with E-state index in [1.807, 2.05) is 47.6 Å². The lowest BCUT2D eigenvalue weighted by atomic mass is 10.1. The van der Waals surface area contributed by atoms with Gasteiger partial charge in [0.05, 0.1) is 10.2 Å². The van der Waals surface area contributed by atoms with E-state index in [-0.39, 0.29) is 5.91 Å². The number of rotatable bonds is 5. The highest BCUT2D eigenvalue weighted by molar-refractivity contribution is 7.22. The first-order chi connectivity index (χ1) is 10.8. The second kappa shape index (κ2) is 7.08. The maximum atomic E-state index is 12.1. The van der Waals surface area contributed by atoms with Crippen LogP contribution in [0.15, 0.2) is 11.2 Å². The van der Waals surface area contributed by atoms with Crippen molar-refractivity contribution < 1.29 is 4.79 Å². The van der Waals surface area contributed by atoms with Crippen molar-refractivity contribution in [2.75, 3.05) is 10.7 Å². The molecule has 0 spiro atoms. The summed E-state index contributed by atoms with van der Waals surface area (Å²) in [4.78, 5) is 16.7. The summed E-state index contributed by atoms with van der Waals surface area (Å²) in [5.41, 5.74) is 7.83. The quantitative estimate of drug-likeness (QED) is 0.616. The molecule has 23 heavy (non-hydrogen) atoms. The van der Waals surface area contributed by atoms with E-state index in [9.17, 15) is 4.79 Å². The number of nitrogens with one attached hydrogen (secondary N) is 2. The number of fused-ring (bicyclic) bond motifs is 1. The molecule has 0 fully saturated rings. The number of hydrogen-bond acceptors (Lipinski definition) is 5. The number of benzene rings is 1. The maximum Gasteiger partial charge on any atom is 0.224 e. The number of hydrogen-bond donors (Lipinski definition) is 2. The molecule has 0 bridgehead atoms. The first kappa shape index (κ1) is 17.4. The fourth-order valence-electron chi connectivity index (χ4n) is 2.35. The summed E-state index contributed by atoms with van der Waals surface area (Å²) in [6, 6.07) is 2.01. The predicted octanol–water partition coefficient (Wildman–Crippen LogP) is 4.71. The summed E-state index contributed by atoms with van der Waals surface area (Å²) >= 11 is 1.55. The van der Waals surface area contributed by atoms with Crippen LogP contribution in [0.25, 0.3) is 10.2 Å². The lowest BCUT2D eigenvalue weighted by Crippen LogP contribution is -2.15. The van der Waals surface area contributed by atoms with E-state index >= 15 is 0 Å². The van der Waals surface area contributed by atoms with Crippen LogP contribution in [0.2, 0.25) is 0 Å². The van der Waals surface area contributed by atoms with Crippen molar-refractivity contribution in [1.29, 1.82) is 0 Å². The van der Waals surface area contributed by atoms with E-state index in [0.717, 1.165) is 37.9 Å². The number of anilines is 2. The van der Waals surface area contributed by atoms with E-state index < -0.39 is 0 Å². The largest absolute Gasteiger partial charge is 0.326 e. The van der Waals surface area contributed by atoms with Crippen molar-refractivity contribution in [3.8, 4) is 0 Å². The van der Waals surface area contributed by atoms with Crippen LogP contribution >= 0.6 is 11.3 Å². The molecule has 1 amide bonds. The van der Waals surface area contributed by atoms with Gasteiger partial charge in [0.2, 0.25) is 11.0 Å². The van der Waals surface area contributed by atoms with Gasteiger partial charge < -0.3 is 5.32 Å². The molecule has 0 aliphatic rings. The second-order valence-electron chi connectivity index (χ2n) is 6.38. The summed E-state index contributed by atoms with van der Waals surface area (Å²) in [6.45, 7) is 12.0. The normalized spacial score (nSPS) is 10.9. The smallest absolute Gasteiger partial charge is 0.224 e. The van der Waals surface area contributed by atoms with Gasteiger partial charge in [-0.05, 0) is 50.8 Å². The SMILES string of the molecule is CC(C)=NNc1nc2cc(C)c(NC(=O)CC(C)C)c(C)c2s1. The molecular formula is C17H24N4OS. The zero-order valence-corrected chi connectivity index (χ0v) is 15.4. The summed E-state index contributed by atoms with van der Waals surface area (Å²) in [7, 11) is 0. The number of thiazole rings is 1. The molecule has 0 aliphatic heterocycles. The molecule has 0 atom stereocenters. The van der Waals surface area contributed by atoms with E-state index in [2.05, 4.69) is 20.8 Å². The number of hydrazone groups is 1. The van der Waals surface area contributed by atoms with Gasteiger partial charge in [-0.2, -0.15) is 5.10 Å². The number of carbonyl (C=O) groups excluding carboxylic acids is 1. The molecule has 1 aromatic carbocycles. The Hall–Kier alpha value is -1.95. The van der Waals surface area contributed by atoms with Crippen molar-refractivity contribution in [2.45, 2.75) is 48.0 Å². The standard InChI is InChI=1S/C17H24N4OS/c1-9(2)7-14(22)19-15-11(5)8-13-16(12(15)6)23-17(18-13)21-20-10(3)4/h8-9H,7H2,1-6H3,(H,18,21)(H,19,22). The molecule has 2 N–H and O–H groups in total. The van der Waals surface area contributed by atoms with E-state index in [1.165, 1.54) is 0 Å². The third-order valence-corrected chi connectivity index (χ3v) is 4.45. The minimum Gasteiger partial charge on any atom is -0.326 e. The van der Waals surface area contributed by atoms with E-state index in [4.69, 9.17) is 0 Å². The lowest BCUT2D eigenvalue weighted by molar-refractivity contribution is -0.116. The Morgan fingerprint density at radius 2 is 2.04 bits per heavy atom. The summed E-state index contributed by atoms with van der Waals surface area (Å²) in [6.07, 6.45) is 0.525. The van der Waals surface area contributed by atoms with Crippen molar-refractivity contribution >= 4 is 44.0 Å². The van der Waals surface area contributed by atoms with Crippen molar-refractivity contribution in [2.24, 2.45) is 11.0 Å². The van der Waals surface area contributed by atoms with Gasteiger partial charge in [-0.15, -0.1) is 0 Å². The van der Waals surface area contributed by atoms with E-state index in [1.54, 1.807) is 11.3 Å². The number of nitrogens with zero attached hydrogens (tertiary/aromatic N) is 2. The minimum atomic E-state index is 0.0552. The van der Waals surface area contributed by atoms with Gasteiger partial charge >= 0.3 is 0 Å². The fourth-order valence-corrected chi connectivity index (χ4v) is 3.24. The topological polar surface area (TPSA) is 66.4 Å². The van der Waals surface area contributed by atoms with Gasteiger partial charge in [0.25, 0.3) is 0 Å². The van der Waals surface area contributed by atoms with Crippen LogP contribution in [0, 0.1) is 19.8 Å². The highest BCUT2D eigenvalue weighted by atomic mass is 32.1.